The Labute approximate surface area is 147 Å². The van der Waals surface area contributed by atoms with Gasteiger partial charge < -0.3 is 4.98 Å². The van der Waals surface area contributed by atoms with Crippen molar-refractivity contribution < 1.29 is 0 Å². The summed E-state index contributed by atoms with van der Waals surface area (Å²) in [5.74, 6) is 2.31. The van der Waals surface area contributed by atoms with Gasteiger partial charge in [0.2, 0.25) is 0 Å². The Kier molecular flexibility index (Phi) is 4.38. The number of aromatic nitrogens is 4. The van der Waals surface area contributed by atoms with E-state index in [4.69, 9.17) is 0 Å². The molecule has 2 aromatic heterocycles. The lowest BCUT2D eigenvalue weighted by Gasteiger charge is -2.22. The summed E-state index contributed by atoms with van der Waals surface area (Å²) < 4.78 is 1.60. The number of hydrogen-bond acceptors (Lipinski definition) is 3. The molecule has 0 amide bonds. The minimum absolute atomic E-state index is 0.0974. The Morgan fingerprint density at radius 2 is 2.08 bits per heavy atom. The Bertz CT molecular complexity index is 899. The molecule has 4 rings (SSSR count). The van der Waals surface area contributed by atoms with E-state index in [9.17, 15) is 4.79 Å². The summed E-state index contributed by atoms with van der Waals surface area (Å²) in [5, 5.41) is 4.62. The number of nitrogens with one attached hydrogen (secondary N) is 1. The van der Waals surface area contributed by atoms with Crippen molar-refractivity contribution in [3.05, 3.63) is 64.6 Å². The SMILES string of the molecule is CC1CC(Cc2ccccc2)CCCC1c1nn2cncc2c(=O)[nH]1. The summed E-state index contributed by atoms with van der Waals surface area (Å²) >= 11 is 0. The molecule has 0 aliphatic heterocycles. The lowest BCUT2D eigenvalue weighted by atomic mass is 9.84. The second-order valence-electron chi connectivity index (χ2n) is 7.37. The molecular weight excluding hydrogens is 312 g/mol. The van der Waals surface area contributed by atoms with Crippen LogP contribution in [0.25, 0.3) is 5.52 Å². The van der Waals surface area contributed by atoms with Crippen molar-refractivity contribution in [2.75, 3.05) is 0 Å². The molecule has 0 bridgehead atoms. The van der Waals surface area contributed by atoms with Gasteiger partial charge in [-0.05, 0) is 36.7 Å². The van der Waals surface area contributed by atoms with E-state index in [0.717, 1.165) is 18.7 Å². The molecule has 1 aliphatic rings. The highest BCUT2D eigenvalue weighted by molar-refractivity contribution is 5.40. The summed E-state index contributed by atoms with van der Waals surface area (Å²) in [6.07, 6.45) is 8.98. The number of nitrogens with zero attached hydrogens (tertiary/aromatic N) is 3. The van der Waals surface area contributed by atoms with Crippen LogP contribution in [0.15, 0.2) is 47.7 Å². The smallest absolute Gasteiger partial charge is 0.276 e. The quantitative estimate of drug-likeness (QED) is 0.744. The molecule has 3 unspecified atom stereocenters. The zero-order valence-electron chi connectivity index (χ0n) is 14.6. The van der Waals surface area contributed by atoms with Gasteiger partial charge in [0, 0.05) is 5.92 Å². The maximum Gasteiger partial charge on any atom is 0.276 e. The van der Waals surface area contributed by atoms with E-state index < -0.39 is 0 Å². The number of benzene rings is 1. The van der Waals surface area contributed by atoms with Gasteiger partial charge in [0.05, 0.1) is 6.20 Å². The van der Waals surface area contributed by atoms with E-state index in [1.54, 1.807) is 17.0 Å². The predicted octanol–water partition coefficient (Wildman–Crippen LogP) is 3.57. The second kappa shape index (κ2) is 6.82. The molecule has 3 aromatic rings. The van der Waals surface area contributed by atoms with Gasteiger partial charge in [-0.15, -0.1) is 0 Å². The second-order valence-corrected chi connectivity index (χ2v) is 7.37. The molecule has 2 heterocycles. The lowest BCUT2D eigenvalue weighted by molar-refractivity contribution is 0.359. The van der Waals surface area contributed by atoms with E-state index >= 15 is 0 Å². The van der Waals surface area contributed by atoms with Gasteiger partial charge in [-0.2, -0.15) is 5.10 Å². The molecule has 1 aliphatic carbocycles. The number of aromatic amines is 1. The summed E-state index contributed by atoms with van der Waals surface area (Å²) in [4.78, 5) is 19.3. The fourth-order valence-electron chi connectivity index (χ4n) is 4.28. The van der Waals surface area contributed by atoms with Crippen molar-refractivity contribution in [1.29, 1.82) is 0 Å². The highest BCUT2D eigenvalue weighted by Gasteiger charge is 2.28. The molecule has 5 heteroatoms. The van der Waals surface area contributed by atoms with Crippen molar-refractivity contribution in [1.82, 2.24) is 19.6 Å². The molecule has 5 nitrogen and oxygen atoms in total. The van der Waals surface area contributed by atoms with Crippen LogP contribution in [0.3, 0.4) is 0 Å². The van der Waals surface area contributed by atoms with E-state index in [1.165, 1.54) is 24.8 Å². The van der Waals surface area contributed by atoms with E-state index in [-0.39, 0.29) is 5.56 Å². The first kappa shape index (κ1) is 16.1. The summed E-state index contributed by atoms with van der Waals surface area (Å²) in [7, 11) is 0. The summed E-state index contributed by atoms with van der Waals surface area (Å²) in [6, 6.07) is 10.8. The van der Waals surface area contributed by atoms with E-state index in [0.29, 0.717) is 23.3 Å². The van der Waals surface area contributed by atoms with Crippen LogP contribution < -0.4 is 5.56 Å². The van der Waals surface area contributed by atoms with Crippen LogP contribution in [0, 0.1) is 11.8 Å². The Balaban J connectivity index is 1.54. The monoisotopic (exact) mass is 336 g/mol. The normalized spacial score (nSPS) is 24.3. The van der Waals surface area contributed by atoms with Crippen LogP contribution in [0.4, 0.5) is 0 Å². The van der Waals surface area contributed by atoms with Gasteiger partial charge in [-0.3, -0.25) is 4.79 Å². The third-order valence-corrected chi connectivity index (χ3v) is 5.55. The number of imidazole rings is 1. The first-order valence-corrected chi connectivity index (χ1v) is 9.17. The highest BCUT2D eigenvalue weighted by atomic mass is 16.1. The van der Waals surface area contributed by atoms with Crippen molar-refractivity contribution >= 4 is 5.52 Å². The molecule has 1 fully saturated rings. The molecule has 130 valence electrons. The predicted molar refractivity (Wildman–Crippen MR) is 97.6 cm³/mol. The molecule has 0 saturated heterocycles. The van der Waals surface area contributed by atoms with Crippen molar-refractivity contribution in [2.45, 2.75) is 44.9 Å². The maximum atomic E-state index is 12.2. The van der Waals surface area contributed by atoms with Crippen LogP contribution in [0.2, 0.25) is 0 Å². The maximum absolute atomic E-state index is 12.2. The molecule has 25 heavy (non-hydrogen) atoms. The molecular formula is C20H24N4O. The number of fused-ring (bicyclic) bond motifs is 1. The highest BCUT2D eigenvalue weighted by Crippen LogP contribution is 2.38. The first-order valence-electron chi connectivity index (χ1n) is 9.17. The molecule has 1 N–H and O–H groups in total. The Morgan fingerprint density at radius 3 is 2.92 bits per heavy atom. The average Bonchev–Trinajstić information content (AvgIpc) is 3.01. The van der Waals surface area contributed by atoms with Gasteiger partial charge in [0.15, 0.2) is 0 Å². The fourth-order valence-corrected chi connectivity index (χ4v) is 4.28. The third kappa shape index (κ3) is 3.36. The summed E-state index contributed by atoms with van der Waals surface area (Å²) in [6.45, 7) is 2.30. The van der Waals surface area contributed by atoms with Gasteiger partial charge in [0.25, 0.3) is 5.56 Å². The van der Waals surface area contributed by atoms with Gasteiger partial charge in [-0.1, -0.05) is 50.1 Å². The standard InChI is InChI=1S/C20H24N4O/c1-14-10-16(11-15-6-3-2-4-7-15)8-5-9-17(14)19-22-20(25)18-12-21-13-24(18)23-19/h2-4,6-7,12-14,16-17H,5,8-11H2,1H3,(H,22,23,25). The van der Waals surface area contributed by atoms with Crippen LogP contribution in [0.5, 0.6) is 0 Å². The molecule has 3 atom stereocenters. The average molecular weight is 336 g/mol. The van der Waals surface area contributed by atoms with Gasteiger partial charge >= 0.3 is 0 Å². The molecule has 1 aromatic carbocycles. The van der Waals surface area contributed by atoms with Gasteiger partial charge in [0.1, 0.15) is 17.7 Å². The van der Waals surface area contributed by atoms with Crippen molar-refractivity contribution in [3.8, 4) is 0 Å². The Hall–Kier alpha value is -2.43. The van der Waals surface area contributed by atoms with Crippen molar-refractivity contribution in [2.24, 2.45) is 11.8 Å². The third-order valence-electron chi connectivity index (χ3n) is 5.55. The zero-order chi connectivity index (χ0) is 17.2. The minimum Gasteiger partial charge on any atom is -0.307 e. The van der Waals surface area contributed by atoms with Crippen LogP contribution in [-0.4, -0.2) is 19.6 Å². The first-order chi connectivity index (χ1) is 12.2. The van der Waals surface area contributed by atoms with Crippen molar-refractivity contribution in [3.63, 3.8) is 0 Å². The zero-order valence-corrected chi connectivity index (χ0v) is 14.6. The fraction of sp³-hybridized carbons (Fsp3) is 0.450. The number of H-pyrrole nitrogens is 1. The molecule has 0 spiro atoms. The minimum atomic E-state index is -0.0974. The van der Waals surface area contributed by atoms with E-state index in [2.05, 4.69) is 52.3 Å². The van der Waals surface area contributed by atoms with E-state index in [1.807, 2.05) is 0 Å². The van der Waals surface area contributed by atoms with Crippen LogP contribution >= 0.6 is 0 Å². The Morgan fingerprint density at radius 1 is 1.24 bits per heavy atom. The largest absolute Gasteiger partial charge is 0.307 e. The topological polar surface area (TPSA) is 63.1 Å². The molecule has 0 radical (unpaired) electrons. The number of hydrogen-bond donors (Lipinski definition) is 1. The summed E-state index contributed by atoms with van der Waals surface area (Å²) in [5.41, 5.74) is 1.83. The lowest BCUT2D eigenvalue weighted by Crippen LogP contribution is -2.21. The van der Waals surface area contributed by atoms with Crippen LogP contribution in [0.1, 0.15) is 49.9 Å². The number of rotatable bonds is 3. The van der Waals surface area contributed by atoms with Crippen LogP contribution in [-0.2, 0) is 6.42 Å². The molecule has 1 saturated carbocycles. The van der Waals surface area contributed by atoms with Gasteiger partial charge in [-0.25, -0.2) is 9.50 Å².